The number of rotatable bonds is 3. The zero-order chi connectivity index (χ0) is 17.2. The molecule has 1 aliphatic rings. The van der Waals surface area contributed by atoms with Crippen LogP contribution in [0.5, 0.6) is 0 Å². The van der Waals surface area contributed by atoms with Gasteiger partial charge < -0.3 is 9.64 Å². The van der Waals surface area contributed by atoms with Gasteiger partial charge in [-0.1, -0.05) is 13.0 Å². The predicted molar refractivity (Wildman–Crippen MR) is 91.3 cm³/mol. The number of urea groups is 1. The van der Waals surface area contributed by atoms with Gasteiger partial charge in [-0.3, -0.25) is 5.32 Å². The smallest absolute Gasteiger partial charge is 0.323 e. The lowest BCUT2D eigenvalue weighted by atomic mass is 10.0. The van der Waals surface area contributed by atoms with Gasteiger partial charge in [0.1, 0.15) is 5.82 Å². The van der Waals surface area contributed by atoms with Crippen LogP contribution in [0, 0.1) is 6.92 Å². The fraction of sp³-hybridized carbons (Fsp3) is 0.471. The summed E-state index contributed by atoms with van der Waals surface area (Å²) >= 11 is 0. The number of nitrogens with one attached hydrogen (secondary N) is 1. The number of hydrogen-bond donors (Lipinski definition) is 1. The van der Waals surface area contributed by atoms with E-state index in [4.69, 9.17) is 4.74 Å². The third-order valence-corrected chi connectivity index (χ3v) is 4.30. The number of nitrogens with zero attached hydrogens (tertiary/aromatic N) is 4. The molecule has 1 atom stereocenters. The summed E-state index contributed by atoms with van der Waals surface area (Å²) in [6.07, 6.45) is 2.56. The molecular weight excluding hydrogens is 306 g/mol. The second-order valence-electron chi connectivity index (χ2n) is 6.27. The van der Waals surface area contributed by atoms with Crippen LogP contribution >= 0.6 is 0 Å². The minimum atomic E-state index is -0.285. The van der Waals surface area contributed by atoms with Crippen molar-refractivity contribution in [3.63, 3.8) is 0 Å². The molecule has 2 aromatic rings. The average Bonchev–Trinajstić information content (AvgIpc) is 2.96. The van der Waals surface area contributed by atoms with E-state index in [1.807, 2.05) is 38.1 Å². The number of carbonyl (C=O) groups excluding carboxylic acids is 1. The molecule has 1 aliphatic heterocycles. The van der Waals surface area contributed by atoms with Crippen molar-refractivity contribution in [2.24, 2.45) is 0 Å². The Morgan fingerprint density at radius 3 is 3.00 bits per heavy atom. The minimum absolute atomic E-state index is 0.143. The first-order valence-electron chi connectivity index (χ1n) is 8.19. The van der Waals surface area contributed by atoms with Crippen molar-refractivity contribution < 1.29 is 9.53 Å². The minimum Gasteiger partial charge on any atom is -0.372 e. The van der Waals surface area contributed by atoms with E-state index in [1.165, 1.54) is 0 Å². The molecule has 1 fully saturated rings. The summed E-state index contributed by atoms with van der Waals surface area (Å²) in [5, 5.41) is 7.37. The van der Waals surface area contributed by atoms with Crippen LogP contribution < -0.4 is 5.32 Å². The molecule has 128 valence electrons. The highest BCUT2D eigenvalue weighted by Gasteiger charge is 2.33. The van der Waals surface area contributed by atoms with Gasteiger partial charge in [0.05, 0.1) is 24.4 Å². The molecule has 2 amide bonds. The third-order valence-electron chi connectivity index (χ3n) is 4.30. The zero-order valence-electron chi connectivity index (χ0n) is 14.3. The maximum absolute atomic E-state index is 12.7. The van der Waals surface area contributed by atoms with Gasteiger partial charge in [-0.05, 0) is 32.4 Å². The van der Waals surface area contributed by atoms with Gasteiger partial charge in [0, 0.05) is 18.8 Å². The van der Waals surface area contributed by atoms with E-state index in [-0.39, 0.29) is 11.6 Å². The van der Waals surface area contributed by atoms with Crippen LogP contribution in [0.2, 0.25) is 0 Å². The van der Waals surface area contributed by atoms with Gasteiger partial charge in [-0.25, -0.2) is 9.78 Å². The van der Waals surface area contributed by atoms with Crippen molar-refractivity contribution in [2.45, 2.75) is 32.8 Å². The molecule has 7 heteroatoms. The van der Waals surface area contributed by atoms with Crippen molar-refractivity contribution in [3.8, 4) is 5.82 Å². The summed E-state index contributed by atoms with van der Waals surface area (Å²) < 4.78 is 7.44. The van der Waals surface area contributed by atoms with E-state index in [9.17, 15) is 4.79 Å². The Kier molecular flexibility index (Phi) is 4.53. The van der Waals surface area contributed by atoms with Crippen molar-refractivity contribution in [1.29, 1.82) is 0 Å². The third kappa shape index (κ3) is 3.41. The molecule has 0 aliphatic carbocycles. The molecule has 0 unspecified atom stereocenters. The Morgan fingerprint density at radius 1 is 1.46 bits per heavy atom. The molecule has 1 saturated heterocycles. The number of hydrogen-bond acceptors (Lipinski definition) is 4. The predicted octanol–water partition coefficient (Wildman–Crippen LogP) is 2.61. The SMILES string of the molecule is CC[C@@]1(C)CN(C(=O)Nc2cc(C)nn2-c2ccccn2)CCO1. The molecule has 0 saturated carbocycles. The standard InChI is InChI=1S/C17H23N5O2/c1-4-17(3)12-21(9-10-24-17)16(23)19-15-11-13(2)20-22(15)14-7-5-6-8-18-14/h5-8,11H,4,9-10,12H2,1-3H3,(H,19,23)/t17-/m0/s1. The molecule has 1 N–H and O–H groups in total. The van der Waals surface area contributed by atoms with Gasteiger partial charge >= 0.3 is 6.03 Å². The lowest BCUT2D eigenvalue weighted by Gasteiger charge is -2.39. The number of morpholine rings is 1. The lowest BCUT2D eigenvalue weighted by Crippen LogP contribution is -2.53. The van der Waals surface area contributed by atoms with Crippen LogP contribution in [0.4, 0.5) is 10.6 Å². The van der Waals surface area contributed by atoms with Crippen LogP contribution in [0.25, 0.3) is 5.82 Å². The number of anilines is 1. The average molecular weight is 329 g/mol. The molecule has 7 nitrogen and oxygen atoms in total. The Hall–Kier alpha value is -2.41. The molecule has 0 bridgehead atoms. The summed E-state index contributed by atoms with van der Waals surface area (Å²) in [7, 11) is 0. The Labute approximate surface area is 141 Å². The first-order valence-corrected chi connectivity index (χ1v) is 8.19. The zero-order valence-corrected chi connectivity index (χ0v) is 14.3. The fourth-order valence-electron chi connectivity index (χ4n) is 2.75. The van der Waals surface area contributed by atoms with Crippen molar-refractivity contribution in [1.82, 2.24) is 19.7 Å². The molecule has 3 rings (SSSR count). The van der Waals surface area contributed by atoms with E-state index in [1.54, 1.807) is 15.8 Å². The maximum atomic E-state index is 12.7. The molecule has 24 heavy (non-hydrogen) atoms. The second-order valence-corrected chi connectivity index (χ2v) is 6.27. The van der Waals surface area contributed by atoms with Crippen LogP contribution in [-0.2, 0) is 4.74 Å². The van der Waals surface area contributed by atoms with Crippen LogP contribution in [0.1, 0.15) is 26.0 Å². The van der Waals surface area contributed by atoms with Gasteiger partial charge in [-0.2, -0.15) is 9.78 Å². The van der Waals surface area contributed by atoms with Crippen LogP contribution in [-0.4, -0.2) is 51.0 Å². The Morgan fingerprint density at radius 2 is 2.29 bits per heavy atom. The van der Waals surface area contributed by atoms with Crippen molar-refractivity contribution in [3.05, 3.63) is 36.2 Å². The summed E-state index contributed by atoms with van der Waals surface area (Å²) in [6.45, 7) is 7.70. The van der Waals surface area contributed by atoms with E-state index in [0.29, 0.717) is 31.3 Å². The van der Waals surface area contributed by atoms with E-state index < -0.39 is 0 Å². The van der Waals surface area contributed by atoms with Gasteiger partial charge in [-0.15, -0.1) is 0 Å². The second kappa shape index (κ2) is 6.60. The first-order chi connectivity index (χ1) is 11.5. The molecule has 0 radical (unpaired) electrons. The highest BCUT2D eigenvalue weighted by atomic mass is 16.5. The number of ether oxygens (including phenoxy) is 1. The number of amides is 2. The van der Waals surface area contributed by atoms with E-state index in [0.717, 1.165) is 12.1 Å². The first kappa shape index (κ1) is 16.4. The van der Waals surface area contributed by atoms with E-state index in [2.05, 4.69) is 22.3 Å². The summed E-state index contributed by atoms with van der Waals surface area (Å²) in [4.78, 5) is 18.7. The molecular formula is C17H23N5O2. The van der Waals surface area contributed by atoms with Crippen LogP contribution in [0.3, 0.4) is 0 Å². The fourth-order valence-corrected chi connectivity index (χ4v) is 2.75. The van der Waals surface area contributed by atoms with Crippen molar-refractivity contribution >= 4 is 11.8 Å². The van der Waals surface area contributed by atoms with Crippen molar-refractivity contribution in [2.75, 3.05) is 25.0 Å². The molecule has 0 spiro atoms. The topological polar surface area (TPSA) is 72.3 Å². The largest absolute Gasteiger partial charge is 0.372 e. The lowest BCUT2D eigenvalue weighted by molar-refractivity contribution is -0.0860. The Balaban J connectivity index is 1.78. The van der Waals surface area contributed by atoms with E-state index >= 15 is 0 Å². The molecule has 2 aromatic heterocycles. The summed E-state index contributed by atoms with van der Waals surface area (Å²) in [6, 6.07) is 7.28. The maximum Gasteiger partial charge on any atom is 0.323 e. The summed E-state index contributed by atoms with van der Waals surface area (Å²) in [5.41, 5.74) is 0.531. The monoisotopic (exact) mass is 329 g/mol. The number of aromatic nitrogens is 3. The highest BCUT2D eigenvalue weighted by molar-refractivity contribution is 5.89. The highest BCUT2D eigenvalue weighted by Crippen LogP contribution is 2.22. The molecule has 3 heterocycles. The molecule has 0 aromatic carbocycles. The normalized spacial score (nSPS) is 20.9. The van der Waals surface area contributed by atoms with Crippen LogP contribution in [0.15, 0.2) is 30.5 Å². The summed E-state index contributed by atoms with van der Waals surface area (Å²) in [5.74, 6) is 1.28. The number of pyridine rings is 1. The number of aryl methyl sites for hydroxylation is 1. The Bertz CT molecular complexity index is 715. The van der Waals surface area contributed by atoms with Gasteiger partial charge in [0.15, 0.2) is 5.82 Å². The van der Waals surface area contributed by atoms with Gasteiger partial charge in [0.25, 0.3) is 0 Å². The quantitative estimate of drug-likeness (QED) is 0.939. The van der Waals surface area contributed by atoms with Gasteiger partial charge in [0.2, 0.25) is 0 Å². The number of carbonyl (C=O) groups is 1.